The maximum Gasteiger partial charge on any atom is 0.0465 e. The highest BCUT2D eigenvalue weighted by Gasteiger charge is 2.18. The van der Waals surface area contributed by atoms with Crippen molar-refractivity contribution < 1.29 is 0 Å². The van der Waals surface area contributed by atoms with E-state index in [-0.39, 0.29) is 0 Å². The second kappa shape index (κ2) is 5.37. The van der Waals surface area contributed by atoms with E-state index in [9.17, 15) is 0 Å². The van der Waals surface area contributed by atoms with Crippen LogP contribution >= 0.6 is 0 Å². The fourth-order valence-electron chi connectivity index (χ4n) is 1.83. The van der Waals surface area contributed by atoms with Crippen molar-refractivity contribution in [1.29, 1.82) is 0 Å². The molecular formula is C11H23N3. The van der Waals surface area contributed by atoms with Crippen molar-refractivity contribution in [2.75, 3.05) is 26.2 Å². The Morgan fingerprint density at radius 1 is 1.43 bits per heavy atom. The van der Waals surface area contributed by atoms with Crippen LogP contribution in [0.15, 0.2) is 11.3 Å². The Labute approximate surface area is 87.3 Å². The fourth-order valence-corrected chi connectivity index (χ4v) is 1.83. The summed E-state index contributed by atoms with van der Waals surface area (Å²) in [5.74, 6) is 0. The number of hydrogen-bond donors (Lipinski definition) is 2. The molecule has 0 radical (unpaired) electrons. The second-order valence-electron chi connectivity index (χ2n) is 4.05. The van der Waals surface area contributed by atoms with Crippen molar-refractivity contribution in [3.05, 3.63) is 11.3 Å². The number of nitrogens with two attached hydrogens (primary N) is 1. The molecule has 0 bridgehead atoms. The second-order valence-corrected chi connectivity index (χ2v) is 4.05. The van der Waals surface area contributed by atoms with E-state index in [2.05, 4.69) is 31.0 Å². The number of piperazine rings is 1. The smallest absolute Gasteiger partial charge is 0.0465 e. The van der Waals surface area contributed by atoms with Crippen molar-refractivity contribution in [3.63, 3.8) is 0 Å². The zero-order chi connectivity index (χ0) is 10.6. The Kier molecular flexibility index (Phi) is 4.42. The lowest BCUT2D eigenvalue weighted by atomic mass is 10.1. The van der Waals surface area contributed by atoms with Gasteiger partial charge < -0.3 is 11.1 Å². The van der Waals surface area contributed by atoms with Crippen LogP contribution in [0.3, 0.4) is 0 Å². The molecule has 1 rings (SSSR count). The summed E-state index contributed by atoms with van der Waals surface area (Å²) in [6, 6.07) is 0.400. The Morgan fingerprint density at radius 3 is 2.50 bits per heavy atom. The molecule has 14 heavy (non-hydrogen) atoms. The van der Waals surface area contributed by atoms with Crippen LogP contribution in [-0.4, -0.2) is 37.1 Å². The third-order valence-corrected chi connectivity index (χ3v) is 3.17. The van der Waals surface area contributed by atoms with Crippen LogP contribution in [0.5, 0.6) is 0 Å². The first-order chi connectivity index (χ1) is 6.66. The molecule has 0 aromatic heterocycles. The van der Waals surface area contributed by atoms with Crippen LogP contribution in [0, 0.1) is 0 Å². The summed E-state index contributed by atoms with van der Waals surface area (Å²) in [5, 5.41) is 3.35. The third-order valence-electron chi connectivity index (χ3n) is 3.17. The predicted octanol–water partition coefficient (Wildman–Crippen LogP) is 0.923. The van der Waals surface area contributed by atoms with Gasteiger partial charge in [0, 0.05) is 37.9 Å². The minimum atomic E-state index is 0.400. The highest BCUT2D eigenvalue weighted by molar-refractivity contribution is 5.14. The van der Waals surface area contributed by atoms with E-state index >= 15 is 0 Å². The first-order valence-corrected chi connectivity index (χ1v) is 5.56. The van der Waals surface area contributed by atoms with Crippen LogP contribution in [0.25, 0.3) is 0 Å². The summed E-state index contributed by atoms with van der Waals surface area (Å²) in [7, 11) is 0. The summed E-state index contributed by atoms with van der Waals surface area (Å²) in [6.45, 7) is 10.9. The van der Waals surface area contributed by atoms with E-state index < -0.39 is 0 Å². The van der Waals surface area contributed by atoms with Crippen molar-refractivity contribution in [2.24, 2.45) is 5.73 Å². The molecular weight excluding hydrogens is 174 g/mol. The van der Waals surface area contributed by atoms with Gasteiger partial charge in [-0.15, -0.1) is 0 Å². The van der Waals surface area contributed by atoms with E-state index in [0.717, 1.165) is 38.3 Å². The molecule has 1 unspecified atom stereocenters. The molecule has 0 amide bonds. The molecule has 1 atom stereocenters. The third kappa shape index (κ3) is 2.72. The summed E-state index contributed by atoms with van der Waals surface area (Å²) in [4.78, 5) is 2.45. The fraction of sp³-hybridized carbons (Fsp3) is 0.818. The van der Waals surface area contributed by atoms with Crippen LogP contribution in [0.2, 0.25) is 0 Å². The normalized spacial score (nSPS) is 23.1. The monoisotopic (exact) mass is 197 g/mol. The van der Waals surface area contributed by atoms with Gasteiger partial charge in [0.2, 0.25) is 0 Å². The average Bonchev–Trinajstić information content (AvgIpc) is 2.27. The zero-order valence-corrected chi connectivity index (χ0v) is 9.64. The van der Waals surface area contributed by atoms with Gasteiger partial charge in [-0.2, -0.15) is 0 Å². The summed E-state index contributed by atoms with van der Waals surface area (Å²) in [6.07, 6.45) is 1.06. The number of nitrogens with zero attached hydrogens (tertiary/aromatic N) is 1. The molecule has 3 heteroatoms. The Morgan fingerprint density at radius 2 is 2.00 bits per heavy atom. The highest BCUT2D eigenvalue weighted by atomic mass is 15.2. The molecule has 0 aliphatic carbocycles. The van der Waals surface area contributed by atoms with Crippen molar-refractivity contribution in [3.8, 4) is 0 Å². The Bertz CT molecular complexity index is 205. The summed E-state index contributed by atoms with van der Waals surface area (Å²) < 4.78 is 0. The lowest BCUT2D eigenvalue weighted by Crippen LogP contribution is -2.49. The van der Waals surface area contributed by atoms with Crippen LogP contribution < -0.4 is 11.1 Å². The van der Waals surface area contributed by atoms with E-state index in [1.807, 2.05) is 0 Å². The van der Waals surface area contributed by atoms with Crippen molar-refractivity contribution in [2.45, 2.75) is 33.2 Å². The highest BCUT2D eigenvalue weighted by Crippen LogP contribution is 2.12. The van der Waals surface area contributed by atoms with Crippen LogP contribution in [-0.2, 0) is 0 Å². The first kappa shape index (κ1) is 11.5. The minimum absolute atomic E-state index is 0.400. The predicted molar refractivity (Wildman–Crippen MR) is 61.1 cm³/mol. The van der Waals surface area contributed by atoms with Gasteiger partial charge in [-0.3, -0.25) is 4.90 Å². The lowest BCUT2D eigenvalue weighted by Gasteiger charge is -2.33. The number of hydrogen-bond acceptors (Lipinski definition) is 3. The molecule has 1 aliphatic heterocycles. The van der Waals surface area contributed by atoms with Crippen molar-refractivity contribution >= 4 is 0 Å². The molecule has 1 aliphatic rings. The van der Waals surface area contributed by atoms with E-state index in [0.29, 0.717) is 6.04 Å². The van der Waals surface area contributed by atoms with E-state index in [1.165, 1.54) is 5.57 Å². The molecule has 3 N–H and O–H groups in total. The Hall–Kier alpha value is -0.540. The van der Waals surface area contributed by atoms with E-state index in [4.69, 9.17) is 5.73 Å². The van der Waals surface area contributed by atoms with Gasteiger partial charge in [0.15, 0.2) is 0 Å². The average molecular weight is 197 g/mol. The Balaban J connectivity index is 2.58. The molecule has 1 fully saturated rings. The summed E-state index contributed by atoms with van der Waals surface area (Å²) in [5.41, 5.74) is 8.51. The van der Waals surface area contributed by atoms with E-state index in [1.54, 1.807) is 0 Å². The minimum Gasteiger partial charge on any atom is -0.401 e. The number of allylic oxidation sites excluding steroid dienone is 1. The standard InChI is InChI=1S/C11H23N3/c1-4-9(2)11(12)10(3)14-7-5-13-6-8-14/h10,13H,4-8,12H2,1-3H3/b11-9-. The topological polar surface area (TPSA) is 41.3 Å². The van der Waals surface area contributed by atoms with Gasteiger partial charge in [-0.1, -0.05) is 12.5 Å². The molecule has 0 saturated carbocycles. The number of nitrogens with one attached hydrogen (secondary N) is 1. The maximum absolute atomic E-state index is 6.12. The first-order valence-electron chi connectivity index (χ1n) is 5.56. The molecule has 3 nitrogen and oxygen atoms in total. The van der Waals surface area contributed by atoms with Gasteiger partial charge in [-0.25, -0.2) is 0 Å². The lowest BCUT2D eigenvalue weighted by molar-refractivity contribution is 0.203. The largest absolute Gasteiger partial charge is 0.401 e. The molecule has 82 valence electrons. The van der Waals surface area contributed by atoms with Gasteiger partial charge in [0.1, 0.15) is 0 Å². The quantitative estimate of drug-likeness (QED) is 0.707. The molecule has 0 aromatic rings. The van der Waals surface area contributed by atoms with Crippen LogP contribution in [0.1, 0.15) is 27.2 Å². The SMILES string of the molecule is CC/C(C)=C(\N)C(C)N1CCNCC1. The van der Waals surface area contributed by atoms with Gasteiger partial charge in [0.25, 0.3) is 0 Å². The number of rotatable bonds is 3. The molecule has 1 saturated heterocycles. The van der Waals surface area contributed by atoms with Gasteiger partial charge >= 0.3 is 0 Å². The van der Waals surface area contributed by atoms with Gasteiger partial charge in [-0.05, 0) is 20.3 Å². The molecule has 1 heterocycles. The molecule has 0 aromatic carbocycles. The van der Waals surface area contributed by atoms with Gasteiger partial charge in [0.05, 0.1) is 0 Å². The summed E-state index contributed by atoms with van der Waals surface area (Å²) >= 11 is 0. The molecule has 0 spiro atoms. The van der Waals surface area contributed by atoms with Crippen LogP contribution in [0.4, 0.5) is 0 Å². The zero-order valence-electron chi connectivity index (χ0n) is 9.64. The van der Waals surface area contributed by atoms with Crippen molar-refractivity contribution in [1.82, 2.24) is 10.2 Å². The maximum atomic E-state index is 6.12.